The van der Waals surface area contributed by atoms with Crippen molar-refractivity contribution >= 4 is 16.8 Å². The number of carbonyl (C=O) groups is 1. The number of likely N-dealkylation sites (tertiary alicyclic amines) is 1. The third kappa shape index (κ3) is 3.90. The van der Waals surface area contributed by atoms with Crippen LogP contribution in [-0.4, -0.2) is 40.3 Å². The van der Waals surface area contributed by atoms with Gasteiger partial charge in [-0.15, -0.1) is 0 Å². The van der Waals surface area contributed by atoms with E-state index in [0.717, 1.165) is 54.8 Å². The van der Waals surface area contributed by atoms with Crippen molar-refractivity contribution in [2.24, 2.45) is 5.92 Å². The van der Waals surface area contributed by atoms with Gasteiger partial charge in [-0.3, -0.25) is 14.7 Å². The summed E-state index contributed by atoms with van der Waals surface area (Å²) in [6, 6.07) is 20.8. The van der Waals surface area contributed by atoms with Crippen LogP contribution in [0.25, 0.3) is 10.9 Å². The Morgan fingerprint density at radius 1 is 0.966 bits per heavy atom. The van der Waals surface area contributed by atoms with Crippen LogP contribution in [0, 0.1) is 5.92 Å². The maximum Gasteiger partial charge on any atom is 0.256 e. The van der Waals surface area contributed by atoms with Crippen molar-refractivity contribution < 1.29 is 4.79 Å². The molecule has 5 rings (SSSR count). The molecule has 1 saturated heterocycles. The Bertz CT molecular complexity index is 1010. The quantitative estimate of drug-likeness (QED) is 0.649. The summed E-state index contributed by atoms with van der Waals surface area (Å²) < 4.78 is 0. The normalized spacial score (nSPS) is 17.8. The lowest BCUT2D eigenvalue weighted by molar-refractivity contribution is 0.0757. The lowest BCUT2D eigenvalue weighted by Crippen LogP contribution is -2.35. The van der Waals surface area contributed by atoms with E-state index in [1.54, 1.807) is 0 Å². The number of hydrogen-bond acceptors (Lipinski definition) is 3. The number of amides is 1. The van der Waals surface area contributed by atoms with Gasteiger partial charge in [0, 0.05) is 18.5 Å². The first-order valence-electron chi connectivity index (χ1n) is 10.7. The van der Waals surface area contributed by atoms with Crippen molar-refractivity contribution in [2.75, 3.05) is 19.6 Å². The molecule has 3 aromatic rings. The van der Waals surface area contributed by atoms with E-state index in [2.05, 4.69) is 35.2 Å². The first-order valence-corrected chi connectivity index (χ1v) is 10.7. The third-order valence-corrected chi connectivity index (χ3v) is 6.42. The summed E-state index contributed by atoms with van der Waals surface area (Å²) in [5.74, 6) is 0.866. The van der Waals surface area contributed by atoms with Gasteiger partial charge in [0.25, 0.3) is 5.91 Å². The summed E-state index contributed by atoms with van der Waals surface area (Å²) in [5.41, 5.74) is 4.10. The summed E-state index contributed by atoms with van der Waals surface area (Å²) >= 11 is 0. The molecular formula is C25H27N3O. The van der Waals surface area contributed by atoms with E-state index in [1.807, 2.05) is 35.2 Å². The molecule has 0 aliphatic carbocycles. The Morgan fingerprint density at radius 2 is 1.72 bits per heavy atom. The number of pyridine rings is 1. The number of piperidine rings is 1. The van der Waals surface area contributed by atoms with Crippen LogP contribution in [0.4, 0.5) is 0 Å². The molecule has 148 valence electrons. The molecule has 0 radical (unpaired) electrons. The maximum absolute atomic E-state index is 12.8. The number of rotatable bonds is 5. The zero-order chi connectivity index (χ0) is 19.6. The van der Waals surface area contributed by atoms with E-state index in [4.69, 9.17) is 4.98 Å². The lowest BCUT2D eigenvalue weighted by Gasteiger charge is -2.32. The highest BCUT2D eigenvalue weighted by Gasteiger charge is 2.29. The molecule has 3 heterocycles. The Kier molecular flexibility index (Phi) is 5.03. The van der Waals surface area contributed by atoms with Crippen LogP contribution in [0.3, 0.4) is 0 Å². The van der Waals surface area contributed by atoms with Gasteiger partial charge in [-0.2, -0.15) is 0 Å². The number of hydrogen-bond donors (Lipinski definition) is 0. The van der Waals surface area contributed by atoms with E-state index in [-0.39, 0.29) is 5.91 Å². The van der Waals surface area contributed by atoms with Crippen LogP contribution in [-0.2, 0) is 13.1 Å². The standard InChI is InChI=1S/C25H27N3O/c29-25-22-16-21-8-4-5-9-23(21)26-24(22)18-28(25)15-12-19-10-13-27(14-11-19)17-20-6-2-1-3-7-20/h1-9,16,19H,10-15,17-18H2. The monoisotopic (exact) mass is 385 g/mol. The number of aromatic nitrogens is 1. The van der Waals surface area contributed by atoms with Crippen LogP contribution in [0.5, 0.6) is 0 Å². The number of nitrogens with zero attached hydrogens (tertiary/aromatic N) is 3. The maximum atomic E-state index is 12.8. The van der Waals surface area contributed by atoms with Gasteiger partial charge in [-0.1, -0.05) is 48.5 Å². The highest BCUT2D eigenvalue weighted by Crippen LogP contribution is 2.27. The smallest absolute Gasteiger partial charge is 0.256 e. The molecule has 2 aliphatic rings. The number of carbonyl (C=O) groups excluding carboxylic acids is 1. The fraction of sp³-hybridized carbons (Fsp3) is 0.360. The summed E-state index contributed by atoms with van der Waals surface area (Å²) in [6.45, 7) is 4.86. The van der Waals surface area contributed by atoms with Gasteiger partial charge >= 0.3 is 0 Å². The van der Waals surface area contributed by atoms with Crippen LogP contribution < -0.4 is 0 Å². The highest BCUT2D eigenvalue weighted by atomic mass is 16.2. The minimum Gasteiger partial charge on any atom is -0.333 e. The molecule has 0 spiro atoms. The molecule has 0 bridgehead atoms. The molecule has 1 amide bonds. The van der Waals surface area contributed by atoms with Gasteiger partial charge in [-0.25, -0.2) is 0 Å². The number of fused-ring (bicyclic) bond motifs is 2. The molecule has 1 fully saturated rings. The van der Waals surface area contributed by atoms with Crippen LogP contribution >= 0.6 is 0 Å². The second kappa shape index (κ2) is 7.96. The van der Waals surface area contributed by atoms with Crippen molar-refractivity contribution in [1.82, 2.24) is 14.8 Å². The molecular weight excluding hydrogens is 358 g/mol. The minimum absolute atomic E-state index is 0.153. The van der Waals surface area contributed by atoms with Crippen molar-refractivity contribution in [3.05, 3.63) is 77.5 Å². The SMILES string of the molecule is O=C1c2cc3ccccc3nc2CN1CCC1CCN(Cc2ccccc2)CC1. The summed E-state index contributed by atoms with van der Waals surface area (Å²) in [7, 11) is 0. The predicted molar refractivity (Wildman–Crippen MR) is 116 cm³/mol. The highest BCUT2D eigenvalue weighted by molar-refractivity contribution is 6.00. The van der Waals surface area contributed by atoms with Crippen molar-refractivity contribution in [2.45, 2.75) is 32.4 Å². The van der Waals surface area contributed by atoms with E-state index in [1.165, 1.54) is 18.4 Å². The number of benzene rings is 2. The van der Waals surface area contributed by atoms with Crippen molar-refractivity contribution in [1.29, 1.82) is 0 Å². The molecule has 4 heteroatoms. The van der Waals surface area contributed by atoms with Crippen LogP contribution in [0.2, 0.25) is 0 Å². The fourth-order valence-electron chi connectivity index (χ4n) is 4.68. The molecule has 2 aliphatic heterocycles. The zero-order valence-electron chi connectivity index (χ0n) is 16.8. The van der Waals surface area contributed by atoms with Gasteiger partial charge in [0.2, 0.25) is 0 Å². The fourth-order valence-corrected chi connectivity index (χ4v) is 4.68. The Hall–Kier alpha value is -2.72. The van der Waals surface area contributed by atoms with Gasteiger partial charge in [0.15, 0.2) is 0 Å². The summed E-state index contributed by atoms with van der Waals surface area (Å²) in [4.78, 5) is 22.1. The molecule has 1 aromatic heterocycles. The molecule has 0 saturated carbocycles. The molecule has 29 heavy (non-hydrogen) atoms. The minimum atomic E-state index is 0.153. The van der Waals surface area contributed by atoms with Gasteiger partial charge in [0.05, 0.1) is 23.3 Å². The molecule has 2 aromatic carbocycles. The Labute approximate surface area is 172 Å². The third-order valence-electron chi connectivity index (χ3n) is 6.42. The zero-order valence-corrected chi connectivity index (χ0v) is 16.8. The molecule has 0 atom stereocenters. The topological polar surface area (TPSA) is 36.4 Å². The summed E-state index contributed by atoms with van der Waals surface area (Å²) in [6.07, 6.45) is 3.55. The van der Waals surface area contributed by atoms with Gasteiger partial charge in [0.1, 0.15) is 0 Å². The van der Waals surface area contributed by atoms with E-state index >= 15 is 0 Å². The van der Waals surface area contributed by atoms with Crippen LogP contribution in [0.15, 0.2) is 60.7 Å². The largest absolute Gasteiger partial charge is 0.333 e. The first-order chi connectivity index (χ1) is 14.3. The van der Waals surface area contributed by atoms with Crippen LogP contribution in [0.1, 0.15) is 40.9 Å². The Morgan fingerprint density at radius 3 is 2.55 bits per heavy atom. The molecule has 4 nitrogen and oxygen atoms in total. The summed E-state index contributed by atoms with van der Waals surface area (Å²) in [5, 5.41) is 1.05. The van der Waals surface area contributed by atoms with Crippen molar-refractivity contribution in [3.63, 3.8) is 0 Å². The first kappa shape index (κ1) is 18.3. The van der Waals surface area contributed by atoms with E-state index in [9.17, 15) is 4.79 Å². The predicted octanol–water partition coefficient (Wildman–Crippen LogP) is 4.49. The Balaban J connectivity index is 1.14. The van der Waals surface area contributed by atoms with Gasteiger partial charge in [-0.05, 0) is 56.0 Å². The molecule has 0 N–H and O–H groups in total. The average Bonchev–Trinajstić information content (AvgIpc) is 3.07. The average molecular weight is 386 g/mol. The van der Waals surface area contributed by atoms with E-state index in [0.29, 0.717) is 12.5 Å². The van der Waals surface area contributed by atoms with Gasteiger partial charge < -0.3 is 4.90 Å². The lowest BCUT2D eigenvalue weighted by atomic mass is 9.93. The number of para-hydroxylation sites is 1. The second-order valence-electron chi connectivity index (χ2n) is 8.40. The van der Waals surface area contributed by atoms with Crippen molar-refractivity contribution in [3.8, 4) is 0 Å². The second-order valence-corrected chi connectivity index (χ2v) is 8.40. The van der Waals surface area contributed by atoms with E-state index < -0.39 is 0 Å². The molecule has 0 unspecified atom stereocenters.